The molecule has 124 valence electrons. The third-order valence-corrected chi connectivity index (χ3v) is 4.14. The van der Waals surface area contributed by atoms with E-state index in [0.717, 1.165) is 6.42 Å². The molecule has 4 heteroatoms. The number of rotatable bonds is 5. The van der Waals surface area contributed by atoms with Crippen LogP contribution in [-0.2, 0) is 20.7 Å². The van der Waals surface area contributed by atoms with Crippen LogP contribution in [0.1, 0.15) is 45.1 Å². The number of allylic oxidation sites excluding steroid dienone is 1. The molecule has 0 unspecified atom stereocenters. The van der Waals surface area contributed by atoms with Crippen LogP contribution in [0, 0.1) is 5.92 Å². The Labute approximate surface area is 137 Å². The fourth-order valence-electron chi connectivity index (χ4n) is 2.75. The molecule has 1 aliphatic carbocycles. The zero-order valence-electron chi connectivity index (χ0n) is 13.8. The Morgan fingerprint density at radius 2 is 1.78 bits per heavy atom. The number of carbonyl (C=O) groups excluding carboxylic acids is 2. The van der Waals surface area contributed by atoms with Crippen LogP contribution in [0.25, 0.3) is 0 Å². The summed E-state index contributed by atoms with van der Waals surface area (Å²) < 4.78 is 10.8. The van der Waals surface area contributed by atoms with Crippen molar-refractivity contribution in [1.29, 1.82) is 0 Å². The molecule has 23 heavy (non-hydrogen) atoms. The predicted molar refractivity (Wildman–Crippen MR) is 88.1 cm³/mol. The first-order valence-corrected chi connectivity index (χ1v) is 8.26. The summed E-state index contributed by atoms with van der Waals surface area (Å²) in [4.78, 5) is 23.6. The molecule has 0 aromatic heterocycles. The van der Waals surface area contributed by atoms with Gasteiger partial charge in [0.1, 0.15) is 11.9 Å². The summed E-state index contributed by atoms with van der Waals surface area (Å²) in [5, 5.41) is 0. The summed E-state index contributed by atoms with van der Waals surface area (Å²) in [5.74, 6) is -0.0200. The minimum absolute atomic E-state index is 0.0911. The lowest BCUT2D eigenvalue weighted by Gasteiger charge is -2.26. The third kappa shape index (κ3) is 5.23. The highest BCUT2D eigenvalue weighted by atomic mass is 16.5. The standard InChI is InChI=1S/C19H24O4/c1-3-5-18(20)22-16-12-8-15(9-13-16)19(21)23-17-10-6-14(4-2)7-11-17/h3,5-7,10-11,15-16H,4,8-9,12-13H2,1-2H3/b5-3+/t15-,16-. The molecule has 4 nitrogen and oxygen atoms in total. The van der Waals surface area contributed by atoms with Crippen LogP contribution >= 0.6 is 0 Å². The topological polar surface area (TPSA) is 52.6 Å². The third-order valence-electron chi connectivity index (χ3n) is 4.14. The Balaban J connectivity index is 1.79. The van der Waals surface area contributed by atoms with Gasteiger partial charge in [0, 0.05) is 6.08 Å². The molecule has 1 saturated carbocycles. The summed E-state index contributed by atoms with van der Waals surface area (Å²) in [6.45, 7) is 3.86. The lowest BCUT2D eigenvalue weighted by Crippen LogP contribution is -2.29. The monoisotopic (exact) mass is 316 g/mol. The molecule has 1 aliphatic rings. The summed E-state index contributed by atoms with van der Waals surface area (Å²) in [6.07, 6.45) is 6.75. The van der Waals surface area contributed by atoms with Crippen LogP contribution in [0.4, 0.5) is 0 Å². The molecular formula is C19H24O4. The summed E-state index contributed by atoms with van der Waals surface area (Å²) >= 11 is 0. The molecule has 0 atom stereocenters. The Bertz CT molecular complexity index is 551. The molecule has 0 bridgehead atoms. The van der Waals surface area contributed by atoms with Crippen LogP contribution < -0.4 is 4.74 Å². The normalized spacial score (nSPS) is 21.1. The van der Waals surface area contributed by atoms with E-state index in [-0.39, 0.29) is 24.0 Å². The van der Waals surface area contributed by atoms with E-state index in [2.05, 4.69) is 6.92 Å². The van der Waals surface area contributed by atoms with Crippen molar-refractivity contribution in [3.63, 3.8) is 0 Å². The Hall–Kier alpha value is -2.10. The molecule has 0 N–H and O–H groups in total. The fraction of sp³-hybridized carbons (Fsp3) is 0.474. The maximum atomic E-state index is 12.2. The van der Waals surface area contributed by atoms with Crippen LogP contribution in [0.15, 0.2) is 36.4 Å². The number of aryl methyl sites for hydroxylation is 1. The van der Waals surface area contributed by atoms with Crippen molar-refractivity contribution >= 4 is 11.9 Å². The molecular weight excluding hydrogens is 292 g/mol. The van der Waals surface area contributed by atoms with Gasteiger partial charge in [0.05, 0.1) is 5.92 Å². The van der Waals surface area contributed by atoms with Gasteiger partial charge in [-0.2, -0.15) is 0 Å². The molecule has 0 aliphatic heterocycles. The number of ether oxygens (including phenoxy) is 2. The second-order valence-electron chi connectivity index (χ2n) is 5.83. The maximum Gasteiger partial charge on any atom is 0.330 e. The van der Waals surface area contributed by atoms with Crippen LogP contribution in [0.3, 0.4) is 0 Å². The molecule has 2 rings (SSSR count). The number of hydrogen-bond acceptors (Lipinski definition) is 4. The van der Waals surface area contributed by atoms with Gasteiger partial charge in [-0.1, -0.05) is 25.1 Å². The van der Waals surface area contributed by atoms with Gasteiger partial charge in [-0.15, -0.1) is 0 Å². The highest BCUT2D eigenvalue weighted by Gasteiger charge is 2.29. The van der Waals surface area contributed by atoms with Gasteiger partial charge in [0.25, 0.3) is 0 Å². The highest BCUT2D eigenvalue weighted by molar-refractivity contribution is 5.82. The predicted octanol–water partition coefficient (Wildman–Crippen LogP) is 3.83. The van der Waals surface area contributed by atoms with E-state index in [4.69, 9.17) is 9.47 Å². The van der Waals surface area contributed by atoms with Crippen molar-refractivity contribution < 1.29 is 19.1 Å². The van der Waals surface area contributed by atoms with E-state index in [1.807, 2.05) is 24.3 Å². The van der Waals surface area contributed by atoms with E-state index in [1.54, 1.807) is 13.0 Å². The molecule has 1 fully saturated rings. The smallest absolute Gasteiger partial charge is 0.330 e. The molecule has 0 spiro atoms. The van der Waals surface area contributed by atoms with Crippen molar-refractivity contribution in [3.05, 3.63) is 42.0 Å². The minimum Gasteiger partial charge on any atom is -0.459 e. The SMILES string of the molecule is C/C=C/C(=O)O[C@H]1CC[C@H](C(=O)Oc2ccc(CC)cc2)CC1. The average molecular weight is 316 g/mol. The van der Waals surface area contributed by atoms with Gasteiger partial charge in [0.15, 0.2) is 0 Å². The first kappa shape index (κ1) is 17.3. The quantitative estimate of drug-likeness (QED) is 0.470. The number of hydrogen-bond donors (Lipinski definition) is 0. The van der Waals surface area contributed by atoms with E-state index in [9.17, 15) is 9.59 Å². The average Bonchev–Trinajstić information content (AvgIpc) is 2.56. The zero-order chi connectivity index (χ0) is 16.7. The fourth-order valence-corrected chi connectivity index (χ4v) is 2.75. The van der Waals surface area contributed by atoms with Crippen molar-refractivity contribution in [2.45, 2.75) is 52.1 Å². The maximum absolute atomic E-state index is 12.2. The Kier molecular flexibility index (Phi) is 6.39. The Morgan fingerprint density at radius 1 is 1.13 bits per heavy atom. The lowest BCUT2D eigenvalue weighted by atomic mass is 9.87. The van der Waals surface area contributed by atoms with Gasteiger partial charge in [-0.3, -0.25) is 4.79 Å². The second kappa shape index (κ2) is 8.51. The second-order valence-corrected chi connectivity index (χ2v) is 5.83. The zero-order valence-corrected chi connectivity index (χ0v) is 13.8. The first-order chi connectivity index (χ1) is 11.1. The van der Waals surface area contributed by atoms with Gasteiger partial charge < -0.3 is 9.47 Å². The number of esters is 2. The van der Waals surface area contributed by atoms with Crippen LogP contribution in [-0.4, -0.2) is 18.0 Å². The van der Waals surface area contributed by atoms with Crippen molar-refractivity contribution in [2.75, 3.05) is 0 Å². The molecule has 0 saturated heterocycles. The summed E-state index contributed by atoms with van der Waals surface area (Å²) in [6, 6.07) is 7.61. The minimum atomic E-state index is -0.311. The van der Waals surface area contributed by atoms with E-state index >= 15 is 0 Å². The largest absolute Gasteiger partial charge is 0.459 e. The Morgan fingerprint density at radius 3 is 2.35 bits per heavy atom. The van der Waals surface area contributed by atoms with Gasteiger partial charge >= 0.3 is 11.9 Å². The molecule has 1 aromatic rings. The first-order valence-electron chi connectivity index (χ1n) is 8.26. The number of carbonyl (C=O) groups is 2. The van der Waals surface area contributed by atoms with Gasteiger partial charge in [-0.25, -0.2) is 4.79 Å². The molecule has 0 heterocycles. The molecule has 1 aromatic carbocycles. The van der Waals surface area contributed by atoms with E-state index in [1.165, 1.54) is 11.6 Å². The van der Waals surface area contributed by atoms with Crippen molar-refractivity contribution in [1.82, 2.24) is 0 Å². The highest BCUT2D eigenvalue weighted by Crippen LogP contribution is 2.28. The summed E-state index contributed by atoms with van der Waals surface area (Å²) in [5.41, 5.74) is 1.22. The van der Waals surface area contributed by atoms with Crippen LogP contribution in [0.2, 0.25) is 0 Å². The number of benzene rings is 1. The molecule has 0 amide bonds. The van der Waals surface area contributed by atoms with Crippen molar-refractivity contribution in [3.8, 4) is 5.75 Å². The van der Waals surface area contributed by atoms with E-state index < -0.39 is 0 Å². The lowest BCUT2D eigenvalue weighted by molar-refractivity contribution is -0.147. The van der Waals surface area contributed by atoms with E-state index in [0.29, 0.717) is 31.4 Å². The van der Waals surface area contributed by atoms with Gasteiger partial charge in [0.2, 0.25) is 0 Å². The van der Waals surface area contributed by atoms with Crippen LogP contribution in [0.5, 0.6) is 5.75 Å². The van der Waals surface area contributed by atoms with Gasteiger partial charge in [-0.05, 0) is 56.7 Å². The molecule has 0 radical (unpaired) electrons. The summed E-state index contributed by atoms with van der Waals surface area (Å²) in [7, 11) is 0. The van der Waals surface area contributed by atoms with Crippen molar-refractivity contribution in [2.24, 2.45) is 5.92 Å².